The molecule has 1 aliphatic carbocycles. The molecule has 0 bridgehead atoms. The molecule has 128 valence electrons. The van der Waals surface area contributed by atoms with E-state index in [0.29, 0.717) is 25.3 Å². The summed E-state index contributed by atoms with van der Waals surface area (Å²) >= 11 is 0. The van der Waals surface area contributed by atoms with Crippen molar-refractivity contribution in [1.29, 1.82) is 0 Å². The second-order valence-electron chi connectivity index (χ2n) is 6.54. The Morgan fingerprint density at radius 1 is 1.29 bits per heavy atom. The highest BCUT2D eigenvalue weighted by Crippen LogP contribution is 2.27. The second kappa shape index (κ2) is 8.11. The molecule has 1 amide bonds. The Kier molecular flexibility index (Phi) is 5.64. The van der Waals surface area contributed by atoms with Crippen LogP contribution in [0.25, 0.3) is 5.69 Å². The fourth-order valence-corrected chi connectivity index (χ4v) is 3.28. The molecule has 5 heteroatoms. The standard InChI is InChI=1S/C19H25N3O2/c23-18(16-6-4-5-7-16)13-20-19(24)11-10-15-12-21-22(14-15)17-8-2-1-3-9-17/h1-3,8-9,12,14,16,18,23H,4-7,10-11,13H2,(H,20,24). The molecule has 1 aliphatic rings. The van der Waals surface area contributed by atoms with E-state index in [1.54, 1.807) is 6.20 Å². The van der Waals surface area contributed by atoms with Gasteiger partial charge in [0.15, 0.2) is 0 Å². The maximum absolute atomic E-state index is 12.0. The molecule has 24 heavy (non-hydrogen) atoms. The Hall–Kier alpha value is -2.14. The Balaban J connectivity index is 1.42. The molecular weight excluding hydrogens is 302 g/mol. The Morgan fingerprint density at radius 2 is 2.04 bits per heavy atom. The Morgan fingerprint density at radius 3 is 2.79 bits per heavy atom. The minimum Gasteiger partial charge on any atom is -0.391 e. The SMILES string of the molecule is O=C(CCc1cnn(-c2ccccc2)c1)NCC(O)C1CCCC1. The molecule has 1 fully saturated rings. The largest absolute Gasteiger partial charge is 0.391 e. The third-order valence-corrected chi connectivity index (χ3v) is 4.75. The number of rotatable bonds is 7. The highest BCUT2D eigenvalue weighted by molar-refractivity contribution is 5.76. The normalized spacial score (nSPS) is 16.2. The zero-order valence-electron chi connectivity index (χ0n) is 13.9. The lowest BCUT2D eigenvalue weighted by Gasteiger charge is -2.17. The van der Waals surface area contributed by atoms with E-state index in [9.17, 15) is 9.90 Å². The minimum atomic E-state index is -0.405. The number of aliphatic hydroxyl groups is 1. The fourth-order valence-electron chi connectivity index (χ4n) is 3.28. The van der Waals surface area contributed by atoms with E-state index in [-0.39, 0.29) is 5.91 Å². The van der Waals surface area contributed by atoms with E-state index >= 15 is 0 Å². The number of carbonyl (C=O) groups is 1. The maximum atomic E-state index is 12.0. The zero-order chi connectivity index (χ0) is 16.8. The van der Waals surface area contributed by atoms with Gasteiger partial charge < -0.3 is 10.4 Å². The van der Waals surface area contributed by atoms with E-state index in [1.165, 1.54) is 12.8 Å². The number of carbonyl (C=O) groups excluding carboxylic acids is 1. The summed E-state index contributed by atoms with van der Waals surface area (Å²) in [6, 6.07) is 9.90. The number of benzene rings is 1. The van der Waals surface area contributed by atoms with Crippen LogP contribution in [0.1, 0.15) is 37.7 Å². The van der Waals surface area contributed by atoms with Gasteiger partial charge >= 0.3 is 0 Å². The molecule has 1 atom stereocenters. The van der Waals surface area contributed by atoms with Crippen molar-refractivity contribution in [1.82, 2.24) is 15.1 Å². The maximum Gasteiger partial charge on any atom is 0.220 e. The Bertz CT molecular complexity index is 648. The van der Waals surface area contributed by atoms with Crippen LogP contribution in [0.4, 0.5) is 0 Å². The fraction of sp³-hybridized carbons (Fsp3) is 0.474. The van der Waals surface area contributed by atoms with Crippen LogP contribution >= 0.6 is 0 Å². The lowest BCUT2D eigenvalue weighted by molar-refractivity contribution is -0.121. The van der Waals surface area contributed by atoms with E-state index in [2.05, 4.69) is 10.4 Å². The van der Waals surface area contributed by atoms with Gasteiger partial charge in [0.05, 0.1) is 18.0 Å². The van der Waals surface area contributed by atoms with E-state index < -0.39 is 6.10 Å². The summed E-state index contributed by atoms with van der Waals surface area (Å²) in [5.41, 5.74) is 2.04. The number of hydrogen-bond donors (Lipinski definition) is 2. The number of aryl methyl sites for hydroxylation is 1. The molecule has 0 radical (unpaired) electrons. The van der Waals surface area contributed by atoms with E-state index in [0.717, 1.165) is 24.1 Å². The summed E-state index contributed by atoms with van der Waals surface area (Å²) in [5, 5.41) is 17.3. The second-order valence-corrected chi connectivity index (χ2v) is 6.54. The number of hydrogen-bond acceptors (Lipinski definition) is 3. The van der Waals surface area contributed by atoms with Crippen LogP contribution in [-0.4, -0.2) is 33.4 Å². The predicted molar refractivity (Wildman–Crippen MR) is 92.9 cm³/mol. The van der Waals surface area contributed by atoms with Crippen molar-refractivity contribution < 1.29 is 9.90 Å². The van der Waals surface area contributed by atoms with Crippen LogP contribution in [0.5, 0.6) is 0 Å². The van der Waals surface area contributed by atoms with Gasteiger partial charge in [-0.15, -0.1) is 0 Å². The van der Waals surface area contributed by atoms with Crippen LogP contribution in [0.15, 0.2) is 42.7 Å². The molecular formula is C19H25N3O2. The lowest BCUT2D eigenvalue weighted by Crippen LogP contribution is -2.35. The number of amides is 1. The molecule has 2 aromatic rings. The number of aromatic nitrogens is 2. The summed E-state index contributed by atoms with van der Waals surface area (Å²) in [4.78, 5) is 12.0. The van der Waals surface area contributed by atoms with Gasteiger partial charge in [0, 0.05) is 19.2 Å². The first-order valence-corrected chi connectivity index (χ1v) is 8.76. The van der Waals surface area contributed by atoms with Crippen molar-refractivity contribution in [2.45, 2.75) is 44.6 Å². The molecule has 0 spiro atoms. The van der Waals surface area contributed by atoms with Gasteiger partial charge in [-0.25, -0.2) is 4.68 Å². The third-order valence-electron chi connectivity index (χ3n) is 4.75. The molecule has 5 nitrogen and oxygen atoms in total. The summed E-state index contributed by atoms with van der Waals surface area (Å²) in [6.07, 6.45) is 8.96. The van der Waals surface area contributed by atoms with E-state index in [4.69, 9.17) is 0 Å². The van der Waals surface area contributed by atoms with Gasteiger partial charge in [-0.3, -0.25) is 4.79 Å². The van der Waals surface area contributed by atoms with Crippen molar-refractivity contribution in [3.05, 3.63) is 48.3 Å². The van der Waals surface area contributed by atoms with Gasteiger partial charge in [0.2, 0.25) is 5.91 Å². The summed E-state index contributed by atoms with van der Waals surface area (Å²) < 4.78 is 1.82. The first-order chi connectivity index (χ1) is 11.7. The third kappa shape index (κ3) is 4.45. The molecule has 1 saturated carbocycles. The quantitative estimate of drug-likeness (QED) is 0.821. The van der Waals surface area contributed by atoms with Crippen molar-refractivity contribution in [3.63, 3.8) is 0 Å². The van der Waals surface area contributed by atoms with Crippen LogP contribution in [0.2, 0.25) is 0 Å². The summed E-state index contributed by atoms with van der Waals surface area (Å²) in [5.74, 6) is 0.342. The van der Waals surface area contributed by atoms with E-state index in [1.807, 2.05) is 41.2 Å². The lowest BCUT2D eigenvalue weighted by atomic mass is 10.0. The minimum absolute atomic E-state index is 0.0143. The number of para-hydroxylation sites is 1. The summed E-state index contributed by atoms with van der Waals surface area (Å²) in [7, 11) is 0. The van der Waals surface area contributed by atoms with Crippen molar-refractivity contribution in [2.75, 3.05) is 6.54 Å². The Labute approximate surface area is 142 Å². The van der Waals surface area contributed by atoms with Gasteiger partial charge in [0.25, 0.3) is 0 Å². The highest BCUT2D eigenvalue weighted by Gasteiger charge is 2.23. The number of nitrogens with zero attached hydrogens (tertiary/aromatic N) is 2. The van der Waals surface area contributed by atoms with Crippen molar-refractivity contribution in [3.8, 4) is 5.69 Å². The van der Waals surface area contributed by atoms with Crippen molar-refractivity contribution >= 4 is 5.91 Å². The number of aliphatic hydroxyl groups excluding tert-OH is 1. The average molecular weight is 327 g/mol. The zero-order valence-corrected chi connectivity index (χ0v) is 13.9. The van der Waals surface area contributed by atoms with Crippen LogP contribution < -0.4 is 5.32 Å². The van der Waals surface area contributed by atoms with Crippen molar-refractivity contribution in [2.24, 2.45) is 5.92 Å². The van der Waals surface area contributed by atoms with Crippen LogP contribution in [-0.2, 0) is 11.2 Å². The average Bonchev–Trinajstić information content (AvgIpc) is 3.30. The first kappa shape index (κ1) is 16.7. The summed E-state index contributed by atoms with van der Waals surface area (Å²) in [6.45, 7) is 0.368. The molecule has 0 saturated heterocycles. The molecule has 1 heterocycles. The van der Waals surface area contributed by atoms with Gasteiger partial charge in [0.1, 0.15) is 0 Å². The number of nitrogens with one attached hydrogen (secondary N) is 1. The molecule has 3 rings (SSSR count). The molecule has 1 aromatic carbocycles. The molecule has 0 aliphatic heterocycles. The van der Waals surface area contributed by atoms with Gasteiger partial charge in [-0.05, 0) is 42.9 Å². The highest BCUT2D eigenvalue weighted by atomic mass is 16.3. The molecule has 1 unspecified atom stereocenters. The first-order valence-electron chi connectivity index (χ1n) is 8.76. The van der Waals surface area contributed by atoms with Gasteiger partial charge in [-0.1, -0.05) is 31.0 Å². The predicted octanol–water partition coefficient (Wildman–Crippen LogP) is 2.47. The topological polar surface area (TPSA) is 67.2 Å². The molecule has 2 N–H and O–H groups in total. The monoisotopic (exact) mass is 327 g/mol. The van der Waals surface area contributed by atoms with Crippen LogP contribution in [0, 0.1) is 5.92 Å². The van der Waals surface area contributed by atoms with Crippen LogP contribution in [0.3, 0.4) is 0 Å². The van der Waals surface area contributed by atoms with Gasteiger partial charge in [-0.2, -0.15) is 5.10 Å². The molecule has 1 aromatic heterocycles. The smallest absolute Gasteiger partial charge is 0.220 e.